The van der Waals surface area contributed by atoms with Crippen LogP contribution in [0.4, 0.5) is 0 Å². The van der Waals surface area contributed by atoms with Gasteiger partial charge in [-0.25, -0.2) is 4.79 Å². The van der Waals surface area contributed by atoms with Gasteiger partial charge in [0.05, 0.1) is 5.71 Å². The van der Waals surface area contributed by atoms with Crippen molar-refractivity contribution in [1.29, 1.82) is 0 Å². The third-order valence-corrected chi connectivity index (χ3v) is 2.56. The monoisotopic (exact) mass is 308 g/mol. The van der Waals surface area contributed by atoms with E-state index in [1.54, 1.807) is 37.5 Å². The lowest BCUT2D eigenvalue weighted by Crippen LogP contribution is -2.02. The Bertz CT molecular complexity index is 578. The van der Waals surface area contributed by atoms with Crippen LogP contribution in [0.25, 0.3) is 0 Å². The molecular formula is C12H9BrN2O3. The highest BCUT2D eigenvalue weighted by Crippen LogP contribution is 2.15. The van der Waals surface area contributed by atoms with Crippen LogP contribution in [0.2, 0.25) is 0 Å². The van der Waals surface area contributed by atoms with Gasteiger partial charge < -0.3 is 9.25 Å². The van der Waals surface area contributed by atoms with Crippen molar-refractivity contribution in [3.8, 4) is 0 Å². The van der Waals surface area contributed by atoms with Crippen LogP contribution in [0, 0.1) is 0 Å². The fraction of sp³-hybridized carbons (Fsp3) is 0.0833. The predicted octanol–water partition coefficient (Wildman–Crippen LogP) is 3.02. The summed E-state index contributed by atoms with van der Waals surface area (Å²) >= 11 is 3.10. The van der Waals surface area contributed by atoms with Gasteiger partial charge in [-0.15, -0.1) is 0 Å². The largest absolute Gasteiger partial charge is 0.442 e. The first-order chi connectivity index (χ1) is 8.66. The summed E-state index contributed by atoms with van der Waals surface area (Å²) in [7, 11) is 0. The number of rotatable bonds is 3. The molecule has 0 aliphatic carbocycles. The summed E-state index contributed by atoms with van der Waals surface area (Å²) in [5.41, 5.74) is 1.41. The van der Waals surface area contributed by atoms with Crippen LogP contribution in [0.3, 0.4) is 0 Å². The maximum absolute atomic E-state index is 11.5. The van der Waals surface area contributed by atoms with E-state index < -0.39 is 5.97 Å². The molecule has 0 aromatic carbocycles. The summed E-state index contributed by atoms with van der Waals surface area (Å²) in [5, 5.41) is 3.74. The summed E-state index contributed by atoms with van der Waals surface area (Å²) in [6, 6.07) is 6.66. The van der Waals surface area contributed by atoms with Gasteiger partial charge in [-0.3, -0.25) is 4.98 Å². The molecule has 6 heteroatoms. The van der Waals surface area contributed by atoms with Crippen LogP contribution in [0.15, 0.2) is 50.9 Å². The Morgan fingerprint density at radius 3 is 2.67 bits per heavy atom. The summed E-state index contributed by atoms with van der Waals surface area (Å²) < 4.78 is 5.51. The average Bonchev–Trinajstić information content (AvgIpc) is 2.83. The molecule has 5 nitrogen and oxygen atoms in total. The van der Waals surface area contributed by atoms with Gasteiger partial charge in [0.15, 0.2) is 4.67 Å². The van der Waals surface area contributed by atoms with Gasteiger partial charge in [0.25, 0.3) is 0 Å². The molecule has 18 heavy (non-hydrogen) atoms. The molecule has 2 rings (SSSR count). The molecule has 2 aromatic rings. The van der Waals surface area contributed by atoms with Gasteiger partial charge in [-0.2, -0.15) is 0 Å². The standard InChI is InChI=1S/C12H9BrN2O3/c1-8(9-4-6-14-7-5-9)15-18-12(16)10-2-3-11(13)17-10/h2-7H,1H3/b15-8+. The number of carbonyl (C=O) groups is 1. The van der Waals surface area contributed by atoms with Crippen molar-refractivity contribution in [2.75, 3.05) is 0 Å². The fourth-order valence-corrected chi connectivity index (χ4v) is 1.53. The van der Waals surface area contributed by atoms with Crippen LogP contribution in [0.5, 0.6) is 0 Å². The average molecular weight is 309 g/mol. The topological polar surface area (TPSA) is 64.7 Å². The molecule has 0 aliphatic heterocycles. The fourth-order valence-electron chi connectivity index (χ4n) is 1.22. The minimum absolute atomic E-state index is 0.0909. The predicted molar refractivity (Wildman–Crippen MR) is 68.3 cm³/mol. The molecule has 0 saturated carbocycles. The second-order valence-corrected chi connectivity index (χ2v) is 4.18. The van der Waals surface area contributed by atoms with Gasteiger partial charge in [0.2, 0.25) is 5.76 Å². The highest BCUT2D eigenvalue weighted by Gasteiger charge is 2.12. The van der Waals surface area contributed by atoms with Crippen molar-refractivity contribution in [2.45, 2.75) is 6.92 Å². The normalized spacial score (nSPS) is 11.3. The summed E-state index contributed by atoms with van der Waals surface area (Å²) in [6.07, 6.45) is 3.28. The highest BCUT2D eigenvalue weighted by atomic mass is 79.9. The molecule has 0 amide bonds. The van der Waals surface area contributed by atoms with Gasteiger partial charge in [-0.1, -0.05) is 5.16 Å². The van der Waals surface area contributed by atoms with E-state index in [4.69, 9.17) is 9.25 Å². The number of furan rings is 1. The van der Waals surface area contributed by atoms with Crippen molar-refractivity contribution < 1.29 is 14.0 Å². The van der Waals surface area contributed by atoms with Crippen molar-refractivity contribution in [3.63, 3.8) is 0 Å². The lowest BCUT2D eigenvalue weighted by atomic mass is 10.2. The third kappa shape index (κ3) is 3.04. The van der Waals surface area contributed by atoms with Crippen LogP contribution >= 0.6 is 15.9 Å². The van der Waals surface area contributed by atoms with Crippen LogP contribution < -0.4 is 0 Å². The van der Waals surface area contributed by atoms with E-state index in [1.165, 1.54) is 6.07 Å². The van der Waals surface area contributed by atoms with E-state index in [-0.39, 0.29) is 5.76 Å². The van der Waals surface area contributed by atoms with E-state index in [0.717, 1.165) is 5.56 Å². The summed E-state index contributed by atoms with van der Waals surface area (Å²) in [4.78, 5) is 20.2. The minimum Gasteiger partial charge on any atom is -0.442 e. The lowest BCUT2D eigenvalue weighted by molar-refractivity contribution is 0.0478. The first-order valence-corrected chi connectivity index (χ1v) is 5.88. The van der Waals surface area contributed by atoms with Gasteiger partial charge in [0.1, 0.15) is 0 Å². The minimum atomic E-state index is -0.644. The Balaban J connectivity index is 2.05. The maximum atomic E-state index is 11.5. The van der Waals surface area contributed by atoms with Crippen molar-refractivity contribution in [3.05, 3.63) is 52.7 Å². The third-order valence-electron chi connectivity index (χ3n) is 2.14. The van der Waals surface area contributed by atoms with Crippen LogP contribution in [-0.2, 0) is 4.84 Å². The number of hydrogen-bond donors (Lipinski definition) is 0. The number of nitrogens with zero attached hydrogens (tertiary/aromatic N) is 2. The molecule has 92 valence electrons. The molecular weight excluding hydrogens is 300 g/mol. The Kier molecular flexibility index (Phi) is 3.88. The van der Waals surface area contributed by atoms with E-state index in [0.29, 0.717) is 10.4 Å². The first-order valence-electron chi connectivity index (χ1n) is 5.08. The lowest BCUT2D eigenvalue weighted by Gasteiger charge is -1.99. The van der Waals surface area contributed by atoms with Gasteiger partial charge in [-0.05, 0) is 47.1 Å². The number of hydrogen-bond acceptors (Lipinski definition) is 5. The van der Waals surface area contributed by atoms with E-state index >= 15 is 0 Å². The molecule has 0 bridgehead atoms. The molecule has 0 radical (unpaired) electrons. The Morgan fingerprint density at radius 2 is 2.06 bits per heavy atom. The Hall–Kier alpha value is -1.95. The molecule has 0 aliphatic rings. The van der Waals surface area contributed by atoms with Crippen LogP contribution in [-0.4, -0.2) is 16.7 Å². The van der Waals surface area contributed by atoms with Crippen molar-refractivity contribution in [1.82, 2.24) is 4.98 Å². The number of halogens is 1. The van der Waals surface area contributed by atoms with Gasteiger partial charge in [0, 0.05) is 18.0 Å². The molecule has 0 atom stereocenters. The quantitative estimate of drug-likeness (QED) is 0.496. The second-order valence-electron chi connectivity index (χ2n) is 3.40. The smallest absolute Gasteiger partial charge is 0.400 e. The zero-order valence-electron chi connectivity index (χ0n) is 9.46. The Labute approximate surface area is 112 Å². The zero-order chi connectivity index (χ0) is 13.0. The number of oxime groups is 1. The highest BCUT2D eigenvalue weighted by molar-refractivity contribution is 9.10. The molecule has 2 aromatic heterocycles. The molecule has 0 spiro atoms. The molecule has 0 saturated heterocycles. The van der Waals surface area contributed by atoms with E-state index in [9.17, 15) is 4.79 Å². The number of pyridine rings is 1. The van der Waals surface area contributed by atoms with Crippen molar-refractivity contribution >= 4 is 27.6 Å². The number of carbonyl (C=O) groups excluding carboxylic acids is 1. The molecule has 0 fully saturated rings. The van der Waals surface area contributed by atoms with E-state index in [1.807, 2.05) is 0 Å². The van der Waals surface area contributed by atoms with Crippen molar-refractivity contribution in [2.24, 2.45) is 5.16 Å². The summed E-state index contributed by atoms with van der Waals surface area (Å²) in [6.45, 7) is 1.74. The van der Waals surface area contributed by atoms with E-state index in [2.05, 4.69) is 26.1 Å². The Morgan fingerprint density at radius 1 is 1.33 bits per heavy atom. The number of aromatic nitrogens is 1. The summed E-state index contributed by atoms with van der Waals surface area (Å²) in [5.74, 6) is -0.553. The molecule has 0 unspecified atom stereocenters. The van der Waals surface area contributed by atoms with Gasteiger partial charge >= 0.3 is 5.97 Å². The van der Waals surface area contributed by atoms with Crippen LogP contribution in [0.1, 0.15) is 23.0 Å². The second kappa shape index (κ2) is 5.59. The maximum Gasteiger partial charge on any atom is 0.400 e. The first kappa shape index (κ1) is 12.5. The SMILES string of the molecule is C/C(=N\OC(=O)c1ccc(Br)o1)c1ccncc1. The molecule has 2 heterocycles. The zero-order valence-corrected chi connectivity index (χ0v) is 11.0. The molecule has 0 N–H and O–H groups in total.